The molecule has 0 amide bonds. The molecular weight excluding hydrogens is 268 g/mol. The summed E-state index contributed by atoms with van der Waals surface area (Å²) < 4.78 is 0. The van der Waals surface area contributed by atoms with Gasteiger partial charge < -0.3 is 10.2 Å². The Labute approximate surface area is 125 Å². The average Bonchev–Trinajstić information content (AvgIpc) is 3.01. The van der Waals surface area contributed by atoms with E-state index in [1.807, 2.05) is 5.51 Å². The largest absolute Gasteiger partial charge is 0.357 e. The van der Waals surface area contributed by atoms with E-state index in [9.17, 15) is 0 Å². The van der Waals surface area contributed by atoms with E-state index in [0.29, 0.717) is 5.41 Å². The van der Waals surface area contributed by atoms with Gasteiger partial charge in [0.05, 0.1) is 17.7 Å². The van der Waals surface area contributed by atoms with Crippen LogP contribution in [0.4, 0.5) is 0 Å². The first-order chi connectivity index (χ1) is 9.72. The molecule has 1 aromatic rings. The third-order valence-corrected chi connectivity index (χ3v) is 5.62. The van der Waals surface area contributed by atoms with E-state index in [1.165, 1.54) is 37.1 Å². The minimum absolute atomic E-state index is 0.622. The fourth-order valence-electron chi connectivity index (χ4n) is 3.25. The zero-order chi connectivity index (χ0) is 14.0. The van der Waals surface area contributed by atoms with Crippen LogP contribution in [-0.2, 0) is 6.54 Å². The van der Waals surface area contributed by atoms with E-state index < -0.39 is 0 Å². The van der Waals surface area contributed by atoms with Crippen molar-refractivity contribution >= 4 is 17.3 Å². The number of aryl methyl sites for hydroxylation is 1. The number of aromatic nitrogens is 1. The molecule has 4 nitrogen and oxygen atoms in total. The lowest BCUT2D eigenvalue weighted by Gasteiger charge is -2.38. The maximum absolute atomic E-state index is 4.82. The van der Waals surface area contributed by atoms with Crippen LogP contribution in [0.2, 0.25) is 0 Å². The van der Waals surface area contributed by atoms with E-state index in [4.69, 9.17) is 4.99 Å². The summed E-state index contributed by atoms with van der Waals surface area (Å²) >= 11 is 1.70. The van der Waals surface area contributed by atoms with Gasteiger partial charge in [-0.2, -0.15) is 0 Å². The molecule has 0 atom stereocenters. The molecular formula is C15H24N4S. The van der Waals surface area contributed by atoms with Crippen LogP contribution in [0, 0.1) is 12.3 Å². The van der Waals surface area contributed by atoms with E-state index >= 15 is 0 Å². The van der Waals surface area contributed by atoms with Crippen molar-refractivity contribution in [3.63, 3.8) is 0 Å². The van der Waals surface area contributed by atoms with Crippen molar-refractivity contribution in [2.45, 2.75) is 46.1 Å². The number of thiazole rings is 1. The van der Waals surface area contributed by atoms with Gasteiger partial charge in [-0.15, -0.1) is 11.3 Å². The van der Waals surface area contributed by atoms with Gasteiger partial charge in [0.15, 0.2) is 5.96 Å². The van der Waals surface area contributed by atoms with Crippen LogP contribution in [0.5, 0.6) is 0 Å². The van der Waals surface area contributed by atoms with Gasteiger partial charge in [-0.1, -0.05) is 6.42 Å². The number of hydrogen-bond donors (Lipinski definition) is 1. The fraction of sp³-hybridized carbons (Fsp3) is 0.733. The normalized spacial score (nSPS) is 21.3. The Bertz CT molecular complexity index is 490. The standard InChI is InChI=1S/C15H24N4S/c1-3-16-14(17-9-13-12(2)18-11-20-13)19-8-7-15(10-19)5-4-6-15/h11H,3-10H2,1-2H3,(H,16,17). The van der Waals surface area contributed by atoms with Crippen LogP contribution in [0.1, 0.15) is 43.2 Å². The summed E-state index contributed by atoms with van der Waals surface area (Å²) in [7, 11) is 0. The second kappa shape index (κ2) is 5.72. The molecule has 1 N–H and O–H groups in total. The quantitative estimate of drug-likeness (QED) is 0.688. The topological polar surface area (TPSA) is 40.5 Å². The highest BCUT2D eigenvalue weighted by Gasteiger charge is 2.43. The summed E-state index contributed by atoms with van der Waals surface area (Å²) in [5.41, 5.74) is 3.65. The molecule has 0 unspecified atom stereocenters. The van der Waals surface area contributed by atoms with Crippen molar-refractivity contribution in [2.75, 3.05) is 19.6 Å². The summed E-state index contributed by atoms with van der Waals surface area (Å²) in [6, 6.07) is 0. The molecule has 1 aromatic heterocycles. The predicted octanol–water partition coefficient (Wildman–Crippen LogP) is 2.79. The Hall–Kier alpha value is -1.10. The van der Waals surface area contributed by atoms with Crippen LogP contribution in [0.25, 0.3) is 0 Å². The van der Waals surface area contributed by atoms with Crippen molar-refractivity contribution in [1.29, 1.82) is 0 Å². The minimum atomic E-state index is 0.622. The smallest absolute Gasteiger partial charge is 0.194 e. The summed E-state index contributed by atoms with van der Waals surface area (Å²) in [6.45, 7) is 8.25. The summed E-state index contributed by atoms with van der Waals surface area (Å²) in [5, 5.41) is 3.45. The Morgan fingerprint density at radius 1 is 1.50 bits per heavy atom. The lowest BCUT2D eigenvalue weighted by atomic mass is 9.68. The highest BCUT2D eigenvalue weighted by molar-refractivity contribution is 7.09. The number of likely N-dealkylation sites (tertiary alicyclic amines) is 1. The first-order valence-corrected chi connectivity index (χ1v) is 8.53. The second-order valence-corrected chi connectivity index (χ2v) is 7.00. The fourth-order valence-corrected chi connectivity index (χ4v) is 3.95. The number of nitrogens with one attached hydrogen (secondary N) is 1. The van der Waals surface area contributed by atoms with Gasteiger partial charge in [0.25, 0.3) is 0 Å². The van der Waals surface area contributed by atoms with Gasteiger partial charge in [0, 0.05) is 24.5 Å². The Balaban J connectivity index is 1.67. The minimum Gasteiger partial charge on any atom is -0.357 e. The number of guanidine groups is 1. The first-order valence-electron chi connectivity index (χ1n) is 7.65. The predicted molar refractivity (Wildman–Crippen MR) is 84.1 cm³/mol. The Morgan fingerprint density at radius 2 is 2.35 bits per heavy atom. The molecule has 1 saturated carbocycles. The number of aliphatic imine (C=N–C) groups is 1. The maximum Gasteiger partial charge on any atom is 0.194 e. The third kappa shape index (κ3) is 2.68. The molecule has 0 bridgehead atoms. The first kappa shape index (κ1) is 13.9. The van der Waals surface area contributed by atoms with Crippen LogP contribution in [0.3, 0.4) is 0 Å². The zero-order valence-corrected chi connectivity index (χ0v) is 13.3. The third-order valence-electron chi connectivity index (χ3n) is 4.70. The summed E-state index contributed by atoms with van der Waals surface area (Å²) in [4.78, 5) is 12.9. The van der Waals surface area contributed by atoms with Gasteiger partial charge in [-0.05, 0) is 38.5 Å². The van der Waals surface area contributed by atoms with E-state index in [-0.39, 0.29) is 0 Å². The van der Waals surface area contributed by atoms with Gasteiger partial charge in [-0.3, -0.25) is 0 Å². The summed E-state index contributed by atoms with van der Waals surface area (Å²) in [5.74, 6) is 1.09. The molecule has 2 fully saturated rings. The second-order valence-electron chi connectivity index (χ2n) is 6.06. The zero-order valence-electron chi connectivity index (χ0n) is 12.5. The maximum atomic E-state index is 4.82. The molecule has 1 aliphatic carbocycles. The van der Waals surface area contributed by atoms with E-state index in [0.717, 1.165) is 31.3 Å². The van der Waals surface area contributed by atoms with Crippen LogP contribution in [-0.4, -0.2) is 35.5 Å². The van der Waals surface area contributed by atoms with Gasteiger partial charge >= 0.3 is 0 Å². The van der Waals surface area contributed by atoms with Crippen molar-refractivity contribution in [2.24, 2.45) is 10.4 Å². The Kier molecular flexibility index (Phi) is 3.96. The number of hydrogen-bond acceptors (Lipinski definition) is 3. The average molecular weight is 292 g/mol. The van der Waals surface area contributed by atoms with Gasteiger partial charge in [-0.25, -0.2) is 9.98 Å². The van der Waals surface area contributed by atoms with Crippen molar-refractivity contribution < 1.29 is 0 Å². The van der Waals surface area contributed by atoms with Crippen molar-refractivity contribution in [3.05, 3.63) is 16.1 Å². The molecule has 0 radical (unpaired) electrons. The molecule has 3 rings (SSSR count). The number of nitrogens with zero attached hydrogens (tertiary/aromatic N) is 3. The highest BCUT2D eigenvalue weighted by atomic mass is 32.1. The molecule has 1 spiro atoms. The molecule has 0 aromatic carbocycles. The van der Waals surface area contributed by atoms with Crippen molar-refractivity contribution in [1.82, 2.24) is 15.2 Å². The molecule has 1 aliphatic heterocycles. The van der Waals surface area contributed by atoms with Crippen LogP contribution < -0.4 is 5.32 Å². The van der Waals surface area contributed by atoms with Crippen LogP contribution >= 0.6 is 11.3 Å². The lowest BCUT2D eigenvalue weighted by molar-refractivity contribution is 0.151. The molecule has 20 heavy (non-hydrogen) atoms. The highest BCUT2D eigenvalue weighted by Crippen LogP contribution is 2.47. The van der Waals surface area contributed by atoms with Crippen LogP contribution in [0.15, 0.2) is 10.5 Å². The monoisotopic (exact) mass is 292 g/mol. The van der Waals surface area contributed by atoms with E-state index in [1.54, 1.807) is 11.3 Å². The van der Waals surface area contributed by atoms with Gasteiger partial charge in [0.2, 0.25) is 0 Å². The Morgan fingerprint density at radius 3 is 2.90 bits per heavy atom. The molecule has 110 valence electrons. The molecule has 5 heteroatoms. The van der Waals surface area contributed by atoms with Crippen molar-refractivity contribution in [3.8, 4) is 0 Å². The lowest BCUT2D eigenvalue weighted by Crippen LogP contribution is -2.42. The summed E-state index contributed by atoms with van der Waals surface area (Å²) in [6.07, 6.45) is 5.59. The molecule has 2 heterocycles. The number of rotatable bonds is 3. The molecule has 2 aliphatic rings. The SMILES string of the molecule is CCNC(=NCc1scnc1C)N1CCC2(CCC2)C1. The molecule has 1 saturated heterocycles. The van der Waals surface area contributed by atoms with E-state index in [2.05, 4.69) is 29.0 Å². The van der Waals surface area contributed by atoms with Gasteiger partial charge in [0.1, 0.15) is 0 Å².